The Morgan fingerprint density at radius 1 is 1.32 bits per heavy atom. The van der Waals surface area contributed by atoms with Gasteiger partial charge in [-0.3, -0.25) is 0 Å². The van der Waals surface area contributed by atoms with Crippen LogP contribution in [0.5, 0.6) is 0 Å². The summed E-state index contributed by atoms with van der Waals surface area (Å²) in [5.41, 5.74) is 9.76. The number of nitrogens with two attached hydrogens (primary N) is 1. The zero-order valence-electron chi connectivity index (χ0n) is 11.5. The van der Waals surface area contributed by atoms with Crippen molar-refractivity contribution in [1.29, 1.82) is 0 Å². The number of anilines is 1. The number of hydrogen-bond donors (Lipinski definition) is 2. The summed E-state index contributed by atoms with van der Waals surface area (Å²) in [6, 6.07) is 8.33. The van der Waals surface area contributed by atoms with Crippen LogP contribution in [0.1, 0.15) is 18.3 Å². The Morgan fingerprint density at radius 2 is 2.16 bits per heavy atom. The lowest BCUT2D eigenvalue weighted by Gasteiger charge is -2.12. The molecule has 0 fully saturated rings. The van der Waals surface area contributed by atoms with Crippen LogP contribution in [0.25, 0.3) is 11.3 Å². The molecule has 4 heteroatoms. The van der Waals surface area contributed by atoms with Gasteiger partial charge in [-0.05, 0) is 13.0 Å². The summed E-state index contributed by atoms with van der Waals surface area (Å²) in [5.74, 6) is 0.856. The van der Waals surface area contributed by atoms with Crippen LogP contribution in [0.15, 0.2) is 30.5 Å². The normalized spacial score (nSPS) is 10.5. The van der Waals surface area contributed by atoms with E-state index in [1.807, 2.05) is 12.3 Å². The number of hydrogen-bond acceptors (Lipinski definition) is 4. The molecule has 2 aromatic rings. The third-order valence-electron chi connectivity index (χ3n) is 2.91. The predicted octanol–water partition coefficient (Wildman–Crippen LogP) is 2.39. The molecule has 0 atom stereocenters. The van der Waals surface area contributed by atoms with E-state index in [0.29, 0.717) is 13.1 Å². The maximum Gasteiger partial charge on any atom is 0.128 e. The molecule has 2 rings (SSSR count). The Morgan fingerprint density at radius 3 is 2.84 bits per heavy atom. The smallest absolute Gasteiger partial charge is 0.128 e. The van der Waals surface area contributed by atoms with Gasteiger partial charge in [0.2, 0.25) is 0 Å². The molecule has 0 aliphatic heterocycles. The second kappa shape index (κ2) is 6.29. The highest BCUT2D eigenvalue weighted by atomic mass is 15.0. The SMILES string of the molecule is CCc1ncc(NCCN)c(-c2cccc(C)c2)n1. The summed E-state index contributed by atoms with van der Waals surface area (Å²) in [4.78, 5) is 8.99. The first kappa shape index (κ1) is 13.5. The van der Waals surface area contributed by atoms with E-state index in [1.54, 1.807) is 0 Å². The highest BCUT2D eigenvalue weighted by Crippen LogP contribution is 2.26. The van der Waals surface area contributed by atoms with Crippen molar-refractivity contribution in [3.8, 4) is 11.3 Å². The van der Waals surface area contributed by atoms with Crippen molar-refractivity contribution in [2.75, 3.05) is 18.4 Å². The fourth-order valence-corrected chi connectivity index (χ4v) is 1.94. The number of aromatic nitrogens is 2. The number of nitrogens with zero attached hydrogens (tertiary/aromatic N) is 2. The van der Waals surface area contributed by atoms with Crippen molar-refractivity contribution in [3.63, 3.8) is 0 Å². The van der Waals surface area contributed by atoms with Gasteiger partial charge in [-0.2, -0.15) is 0 Å². The minimum atomic E-state index is 0.586. The number of aryl methyl sites for hydroxylation is 2. The molecule has 0 saturated carbocycles. The first-order valence-electron chi connectivity index (χ1n) is 6.61. The average Bonchev–Trinajstić information content (AvgIpc) is 2.45. The molecule has 1 aromatic heterocycles. The van der Waals surface area contributed by atoms with E-state index >= 15 is 0 Å². The lowest BCUT2D eigenvalue weighted by molar-refractivity contribution is 0.936. The first-order chi connectivity index (χ1) is 9.24. The molecule has 0 aliphatic rings. The molecule has 0 spiro atoms. The highest BCUT2D eigenvalue weighted by Gasteiger charge is 2.08. The molecular weight excluding hydrogens is 236 g/mol. The Kier molecular flexibility index (Phi) is 4.47. The topological polar surface area (TPSA) is 63.8 Å². The van der Waals surface area contributed by atoms with E-state index in [1.165, 1.54) is 5.56 Å². The van der Waals surface area contributed by atoms with Crippen LogP contribution in [0.3, 0.4) is 0 Å². The molecule has 1 heterocycles. The van der Waals surface area contributed by atoms with Crippen molar-refractivity contribution in [2.45, 2.75) is 20.3 Å². The van der Waals surface area contributed by atoms with Gasteiger partial charge in [0.15, 0.2) is 0 Å². The Balaban J connectivity index is 2.45. The summed E-state index contributed by atoms with van der Waals surface area (Å²) < 4.78 is 0. The van der Waals surface area contributed by atoms with Gasteiger partial charge in [0.05, 0.1) is 17.6 Å². The number of rotatable bonds is 5. The third kappa shape index (κ3) is 3.29. The lowest BCUT2D eigenvalue weighted by Crippen LogP contribution is -2.14. The van der Waals surface area contributed by atoms with Gasteiger partial charge < -0.3 is 11.1 Å². The van der Waals surface area contributed by atoms with Crippen LogP contribution >= 0.6 is 0 Å². The second-order valence-corrected chi connectivity index (χ2v) is 4.49. The average molecular weight is 256 g/mol. The monoisotopic (exact) mass is 256 g/mol. The van der Waals surface area contributed by atoms with Gasteiger partial charge in [-0.25, -0.2) is 9.97 Å². The quantitative estimate of drug-likeness (QED) is 0.862. The fraction of sp³-hybridized carbons (Fsp3) is 0.333. The molecule has 3 N–H and O–H groups in total. The maximum absolute atomic E-state index is 5.54. The van der Waals surface area contributed by atoms with Crippen molar-refractivity contribution >= 4 is 5.69 Å². The maximum atomic E-state index is 5.54. The van der Waals surface area contributed by atoms with Gasteiger partial charge in [-0.15, -0.1) is 0 Å². The second-order valence-electron chi connectivity index (χ2n) is 4.49. The van der Waals surface area contributed by atoms with Gasteiger partial charge >= 0.3 is 0 Å². The molecule has 0 radical (unpaired) electrons. The third-order valence-corrected chi connectivity index (χ3v) is 2.91. The molecule has 100 valence electrons. The van der Waals surface area contributed by atoms with Crippen molar-refractivity contribution < 1.29 is 0 Å². The van der Waals surface area contributed by atoms with E-state index in [-0.39, 0.29) is 0 Å². The molecule has 0 unspecified atom stereocenters. The number of nitrogens with one attached hydrogen (secondary N) is 1. The summed E-state index contributed by atoms with van der Waals surface area (Å²) in [5, 5.41) is 3.28. The van der Waals surface area contributed by atoms with Crippen LogP contribution in [-0.4, -0.2) is 23.1 Å². The van der Waals surface area contributed by atoms with E-state index in [0.717, 1.165) is 29.2 Å². The molecule has 0 amide bonds. The molecule has 1 aromatic carbocycles. The highest BCUT2D eigenvalue weighted by molar-refractivity contribution is 5.74. The predicted molar refractivity (Wildman–Crippen MR) is 79.1 cm³/mol. The van der Waals surface area contributed by atoms with Gasteiger partial charge in [0.1, 0.15) is 5.82 Å². The lowest BCUT2D eigenvalue weighted by atomic mass is 10.1. The molecule has 0 aliphatic carbocycles. The van der Waals surface area contributed by atoms with Gasteiger partial charge in [0.25, 0.3) is 0 Å². The summed E-state index contributed by atoms with van der Waals surface area (Å²) in [6.45, 7) is 5.44. The minimum Gasteiger partial charge on any atom is -0.381 e. The van der Waals surface area contributed by atoms with Crippen molar-refractivity contribution in [2.24, 2.45) is 5.73 Å². The van der Waals surface area contributed by atoms with Gasteiger partial charge in [0, 0.05) is 25.1 Å². The van der Waals surface area contributed by atoms with Crippen LogP contribution in [0, 0.1) is 6.92 Å². The molecule has 4 nitrogen and oxygen atoms in total. The van der Waals surface area contributed by atoms with Crippen LogP contribution in [-0.2, 0) is 6.42 Å². The summed E-state index contributed by atoms with van der Waals surface area (Å²) in [6.07, 6.45) is 2.68. The Bertz CT molecular complexity index is 552. The number of benzene rings is 1. The Hall–Kier alpha value is -1.94. The Labute approximate surface area is 114 Å². The van der Waals surface area contributed by atoms with Crippen LogP contribution in [0.2, 0.25) is 0 Å². The van der Waals surface area contributed by atoms with E-state index < -0.39 is 0 Å². The van der Waals surface area contributed by atoms with E-state index in [9.17, 15) is 0 Å². The molecule has 0 saturated heterocycles. The molecule has 0 bridgehead atoms. The largest absolute Gasteiger partial charge is 0.381 e. The first-order valence-corrected chi connectivity index (χ1v) is 6.61. The zero-order valence-corrected chi connectivity index (χ0v) is 11.5. The van der Waals surface area contributed by atoms with E-state index in [4.69, 9.17) is 5.73 Å². The summed E-state index contributed by atoms with van der Waals surface area (Å²) >= 11 is 0. The molecular formula is C15H20N4. The van der Waals surface area contributed by atoms with E-state index in [2.05, 4.69) is 47.3 Å². The standard InChI is InChI=1S/C15H20N4/c1-3-14-18-10-13(17-8-7-16)15(19-14)12-6-4-5-11(2)9-12/h4-6,9-10,17H,3,7-8,16H2,1-2H3. The molecule has 19 heavy (non-hydrogen) atoms. The van der Waals surface area contributed by atoms with Gasteiger partial charge in [-0.1, -0.05) is 30.7 Å². The van der Waals surface area contributed by atoms with Crippen molar-refractivity contribution in [3.05, 3.63) is 41.9 Å². The van der Waals surface area contributed by atoms with Crippen LogP contribution in [0.4, 0.5) is 5.69 Å². The fourth-order valence-electron chi connectivity index (χ4n) is 1.94. The summed E-state index contributed by atoms with van der Waals surface area (Å²) in [7, 11) is 0. The minimum absolute atomic E-state index is 0.586. The zero-order chi connectivity index (χ0) is 13.7. The van der Waals surface area contributed by atoms with Crippen LogP contribution < -0.4 is 11.1 Å². The van der Waals surface area contributed by atoms with Crippen molar-refractivity contribution in [1.82, 2.24) is 9.97 Å².